The molecule has 61 heavy (non-hydrogen) atoms. The van der Waals surface area contributed by atoms with Gasteiger partial charge in [-0.1, -0.05) is 140 Å². The van der Waals surface area contributed by atoms with Gasteiger partial charge in [0.15, 0.2) is 10.6 Å². The van der Waals surface area contributed by atoms with Crippen LogP contribution in [0.1, 0.15) is 5.56 Å². The Hall–Kier alpha value is -7.09. The number of para-hydroxylation sites is 2. The fourth-order valence-corrected chi connectivity index (χ4v) is 14.0. The van der Waals surface area contributed by atoms with Crippen LogP contribution in [0.5, 0.6) is 0 Å². The van der Waals surface area contributed by atoms with E-state index in [1.807, 2.05) is 18.2 Å². The summed E-state index contributed by atoms with van der Waals surface area (Å²) in [7, 11) is -4.20. The summed E-state index contributed by atoms with van der Waals surface area (Å²) in [5.74, 6) is 0. The molecule has 0 spiro atoms. The van der Waals surface area contributed by atoms with Crippen LogP contribution >= 0.6 is 14.8 Å². The van der Waals surface area contributed by atoms with Crippen molar-refractivity contribution < 1.29 is 0 Å². The minimum atomic E-state index is -2.96. The Morgan fingerprint density at radius 3 is 1.54 bits per heavy atom. The van der Waals surface area contributed by atoms with E-state index < -0.39 is 14.8 Å². The van der Waals surface area contributed by atoms with Crippen molar-refractivity contribution in [2.45, 2.75) is 6.92 Å². The van der Waals surface area contributed by atoms with Crippen molar-refractivity contribution in [3.8, 4) is 33.6 Å². The largest absolute Gasteiger partial charge is 0.309 e. The molecular weight excluding hydrogens is 779 g/mol. The van der Waals surface area contributed by atoms with Gasteiger partial charge in [0, 0.05) is 32.2 Å². The second-order valence-electron chi connectivity index (χ2n) is 16.1. The van der Waals surface area contributed by atoms with Crippen molar-refractivity contribution in [1.29, 1.82) is 10.3 Å². The molecule has 1 aliphatic heterocycles. The highest BCUT2D eigenvalue weighted by Crippen LogP contribution is 2.49. The molecule has 2 aromatic heterocycles. The summed E-state index contributed by atoms with van der Waals surface area (Å²) in [5.41, 5.74) is 12.2. The molecule has 0 fully saturated rings. The van der Waals surface area contributed by atoms with Gasteiger partial charge in [0.1, 0.15) is 0 Å². The molecule has 11 aromatic rings. The predicted molar refractivity (Wildman–Crippen MR) is 261 cm³/mol. The van der Waals surface area contributed by atoms with Gasteiger partial charge in [-0.15, -0.1) is 5.16 Å². The zero-order valence-electron chi connectivity index (χ0n) is 33.4. The monoisotopic (exact) mass is 817 g/mol. The van der Waals surface area contributed by atoms with E-state index in [4.69, 9.17) is 0 Å². The highest BCUT2D eigenvalue weighted by atomic mass is 31.2. The topological polar surface area (TPSA) is 57.6 Å². The Balaban J connectivity index is 1.16. The van der Waals surface area contributed by atoms with Crippen molar-refractivity contribution in [1.82, 2.24) is 9.13 Å². The average molecular weight is 818 g/mol. The zero-order chi connectivity index (χ0) is 40.8. The molecule has 3 heterocycles. The lowest BCUT2D eigenvalue weighted by atomic mass is 10.0. The normalized spacial score (nSPS) is 14.8. The van der Waals surface area contributed by atoms with Gasteiger partial charge < -0.3 is 14.3 Å². The minimum absolute atomic E-state index is 1.03. The van der Waals surface area contributed by atoms with E-state index in [9.17, 15) is 10.3 Å². The first-order chi connectivity index (χ1) is 30.0. The quantitative estimate of drug-likeness (QED) is 0.163. The van der Waals surface area contributed by atoms with Crippen molar-refractivity contribution in [3.63, 3.8) is 0 Å². The number of nitrogens with one attached hydrogen (secondary N) is 2. The van der Waals surface area contributed by atoms with E-state index in [2.05, 4.69) is 204 Å². The summed E-state index contributed by atoms with van der Waals surface area (Å²) < 4.78 is 4.89. The van der Waals surface area contributed by atoms with Gasteiger partial charge in [-0.05, 0) is 107 Å². The summed E-state index contributed by atoms with van der Waals surface area (Å²) in [4.78, 5) is 0. The smallest absolute Gasteiger partial charge is 0.273 e. The molecule has 0 aliphatic carbocycles. The molecule has 2 N–H and O–H groups in total. The van der Waals surface area contributed by atoms with Gasteiger partial charge in [0.2, 0.25) is 0 Å². The molecule has 0 saturated carbocycles. The Kier molecular flexibility index (Phi) is 8.06. The molecule has 288 valence electrons. The van der Waals surface area contributed by atoms with E-state index in [-0.39, 0.29) is 0 Å². The van der Waals surface area contributed by atoms with Crippen molar-refractivity contribution in [3.05, 3.63) is 212 Å². The number of hydrogen-bond acceptors (Lipinski definition) is 2. The first-order valence-electron chi connectivity index (χ1n) is 20.7. The van der Waals surface area contributed by atoms with E-state index >= 15 is 0 Å². The highest BCUT2D eigenvalue weighted by Gasteiger charge is 2.32. The lowest BCUT2D eigenvalue weighted by Gasteiger charge is -2.30. The van der Waals surface area contributed by atoms with Gasteiger partial charge in [-0.3, -0.25) is 0 Å². The average Bonchev–Trinajstić information content (AvgIpc) is 3.83. The molecule has 0 saturated heterocycles. The van der Waals surface area contributed by atoms with Crippen molar-refractivity contribution >= 4 is 84.9 Å². The van der Waals surface area contributed by atoms with E-state index in [1.165, 1.54) is 21.5 Å². The Morgan fingerprint density at radius 2 is 0.885 bits per heavy atom. The molecule has 12 rings (SSSR count). The number of rotatable bonds is 5. The van der Waals surface area contributed by atoms with Crippen LogP contribution in [-0.2, 0) is 0 Å². The molecule has 2 atom stereocenters. The maximum absolute atomic E-state index is 11.0. The Morgan fingerprint density at radius 1 is 0.393 bits per heavy atom. The molecule has 0 amide bonds. The summed E-state index contributed by atoms with van der Waals surface area (Å²) in [6.07, 6.45) is 0. The van der Waals surface area contributed by atoms with Crippen LogP contribution in [0, 0.1) is 17.2 Å². The molecule has 6 heteroatoms. The van der Waals surface area contributed by atoms with Crippen LogP contribution in [-0.4, -0.2) is 9.13 Å². The third-order valence-electron chi connectivity index (χ3n) is 12.6. The molecular formula is C55H39N4P2+. The van der Waals surface area contributed by atoms with E-state index in [0.717, 1.165) is 87.8 Å². The Bertz CT molecular complexity index is 3660. The second-order valence-corrected chi connectivity index (χ2v) is 20.6. The number of hydrogen-bond donors (Lipinski definition) is 2. The van der Waals surface area contributed by atoms with Gasteiger partial charge in [-0.2, -0.15) is 0 Å². The van der Waals surface area contributed by atoms with Gasteiger partial charge in [-0.25, -0.2) is 0 Å². The summed E-state index contributed by atoms with van der Waals surface area (Å²) >= 11 is 0. The number of nitrogens with zero attached hydrogens (tertiary/aromatic N) is 2. The second kappa shape index (κ2) is 13.7. The lowest BCUT2D eigenvalue weighted by Crippen LogP contribution is -2.28. The van der Waals surface area contributed by atoms with Gasteiger partial charge in [0.05, 0.1) is 40.5 Å². The number of benzene rings is 9. The number of aryl methyl sites for hydroxylation is 1. The first kappa shape index (κ1) is 35.8. The SMILES string of the molecule is Cc1cc2c(cc1-n1c3ccccc3c3ccc(-c4cccc([P+](=N)c5ccccc5)c4)cc31)-n1c3ccccc3c3ccc(cc31)-c1cccc(c1)P2(=N)c1ccccc1. The summed E-state index contributed by atoms with van der Waals surface area (Å²) in [6.45, 7) is 2.22. The van der Waals surface area contributed by atoms with Gasteiger partial charge >= 0.3 is 0 Å². The maximum atomic E-state index is 11.0. The third kappa shape index (κ3) is 5.43. The Labute approximate surface area is 355 Å². The zero-order valence-corrected chi connectivity index (χ0v) is 35.2. The summed E-state index contributed by atoms with van der Waals surface area (Å²) in [6, 6.07) is 73.9. The molecule has 4 nitrogen and oxygen atoms in total. The molecule has 4 bridgehead atoms. The van der Waals surface area contributed by atoms with Crippen LogP contribution in [0.4, 0.5) is 0 Å². The van der Waals surface area contributed by atoms with Crippen LogP contribution in [0.25, 0.3) is 77.2 Å². The van der Waals surface area contributed by atoms with Crippen LogP contribution < -0.4 is 26.5 Å². The third-order valence-corrected chi connectivity index (χ3v) is 17.5. The maximum Gasteiger partial charge on any atom is 0.273 e. The van der Waals surface area contributed by atoms with Crippen LogP contribution in [0.15, 0.2) is 206 Å². The molecule has 2 unspecified atom stereocenters. The van der Waals surface area contributed by atoms with E-state index in [1.54, 1.807) is 0 Å². The summed E-state index contributed by atoms with van der Waals surface area (Å²) in [5, 5.41) is 30.1. The first-order valence-corrected chi connectivity index (χ1v) is 23.8. The predicted octanol–water partition coefficient (Wildman–Crippen LogP) is 13.1. The minimum Gasteiger partial charge on any atom is -0.309 e. The van der Waals surface area contributed by atoms with Crippen LogP contribution in [0.3, 0.4) is 0 Å². The number of fused-ring (bicyclic) bond motifs is 12. The molecule has 0 radical (unpaired) electrons. The highest BCUT2D eigenvalue weighted by molar-refractivity contribution is 7.86. The fraction of sp³-hybridized carbons (Fsp3) is 0.0182. The van der Waals surface area contributed by atoms with Crippen molar-refractivity contribution in [2.75, 3.05) is 0 Å². The molecule has 9 aromatic carbocycles. The van der Waals surface area contributed by atoms with Gasteiger partial charge in [0.25, 0.3) is 7.71 Å². The van der Waals surface area contributed by atoms with E-state index in [0.29, 0.717) is 0 Å². The lowest BCUT2D eigenvalue weighted by molar-refractivity contribution is 1.12. The van der Waals surface area contributed by atoms with Crippen LogP contribution in [0.2, 0.25) is 0 Å². The fourth-order valence-electron chi connectivity index (χ4n) is 9.70. The van der Waals surface area contributed by atoms with Crippen molar-refractivity contribution in [2.24, 2.45) is 0 Å². The molecule has 1 aliphatic rings. The standard InChI is InChI=1S/C55H39N4P2/c1-36-30-55-54(59-50-25-11-9-23-46(50)48-29-27-40(34-53(48)59)38-15-13-21-44(32-38)61(55,57)43-19-6-3-7-20-43)35-51(36)58-49-24-10-8-22-45(49)47-28-26-39(33-52(47)58)37-14-12-18-42(31-37)60(56)41-16-4-2-5-17-41/h2-35,56-57H,1H3/q+1. The number of aromatic nitrogens is 2.